The lowest BCUT2D eigenvalue weighted by Gasteiger charge is -2.34. The second-order valence-electron chi connectivity index (χ2n) is 6.60. The normalized spacial score (nSPS) is 16.5. The Bertz CT molecular complexity index is 904. The van der Waals surface area contributed by atoms with Crippen LogP contribution in [0.4, 0.5) is 0 Å². The van der Waals surface area contributed by atoms with Crippen molar-refractivity contribution in [2.45, 2.75) is 25.4 Å². The van der Waals surface area contributed by atoms with E-state index in [-0.39, 0.29) is 18.6 Å². The number of rotatable bonds is 5. The van der Waals surface area contributed by atoms with Crippen LogP contribution in [-0.2, 0) is 17.8 Å². The van der Waals surface area contributed by atoms with Crippen LogP contribution in [0.25, 0.3) is 10.9 Å². The predicted molar refractivity (Wildman–Crippen MR) is 100.0 cm³/mol. The first-order valence-corrected chi connectivity index (χ1v) is 8.93. The number of aliphatic hydroxyl groups is 1. The van der Waals surface area contributed by atoms with E-state index in [0.717, 1.165) is 17.0 Å². The van der Waals surface area contributed by atoms with Crippen molar-refractivity contribution in [3.8, 4) is 5.75 Å². The molecule has 0 saturated carbocycles. The first-order chi connectivity index (χ1) is 12.8. The van der Waals surface area contributed by atoms with Crippen LogP contribution in [0.5, 0.6) is 5.75 Å². The number of amides is 1. The SMILES string of the molecule is O=C(CCOc1ccccc1)N1Cc2[nH]c3ccccc3c2CC1CO. The van der Waals surface area contributed by atoms with Gasteiger partial charge in [0.25, 0.3) is 0 Å². The molecule has 2 aromatic carbocycles. The Morgan fingerprint density at radius 1 is 1.15 bits per heavy atom. The van der Waals surface area contributed by atoms with Crippen LogP contribution >= 0.6 is 0 Å². The second kappa shape index (κ2) is 7.22. The average Bonchev–Trinajstić information content (AvgIpc) is 3.05. The number of carbonyl (C=O) groups is 1. The summed E-state index contributed by atoms with van der Waals surface area (Å²) in [6.07, 6.45) is 0.960. The third-order valence-corrected chi connectivity index (χ3v) is 4.97. The molecule has 5 heteroatoms. The fraction of sp³-hybridized carbons (Fsp3) is 0.286. The highest BCUT2D eigenvalue weighted by Crippen LogP contribution is 2.30. The summed E-state index contributed by atoms with van der Waals surface area (Å²) in [5.74, 6) is 0.764. The molecule has 2 N–H and O–H groups in total. The highest BCUT2D eigenvalue weighted by molar-refractivity contribution is 5.86. The van der Waals surface area contributed by atoms with Gasteiger partial charge < -0.3 is 19.7 Å². The van der Waals surface area contributed by atoms with Gasteiger partial charge in [0.2, 0.25) is 5.91 Å². The number of carbonyl (C=O) groups excluding carboxylic acids is 1. The molecule has 0 fully saturated rings. The van der Waals surface area contributed by atoms with Gasteiger partial charge in [-0.3, -0.25) is 4.79 Å². The van der Waals surface area contributed by atoms with Crippen LogP contribution in [0.2, 0.25) is 0 Å². The monoisotopic (exact) mass is 350 g/mol. The molecule has 0 aliphatic carbocycles. The topological polar surface area (TPSA) is 65.6 Å². The third-order valence-electron chi connectivity index (χ3n) is 4.97. The molecule has 2 heterocycles. The Kier molecular flexibility index (Phi) is 4.63. The summed E-state index contributed by atoms with van der Waals surface area (Å²) >= 11 is 0. The number of benzene rings is 2. The highest BCUT2D eigenvalue weighted by atomic mass is 16.5. The van der Waals surface area contributed by atoms with Gasteiger partial charge in [-0.15, -0.1) is 0 Å². The maximum atomic E-state index is 12.7. The molecular formula is C21H22N2O3. The van der Waals surface area contributed by atoms with Gasteiger partial charge in [0.1, 0.15) is 5.75 Å². The summed E-state index contributed by atoms with van der Waals surface area (Å²) in [7, 11) is 0. The van der Waals surface area contributed by atoms with E-state index in [9.17, 15) is 9.90 Å². The number of aromatic nitrogens is 1. The number of hydrogen-bond donors (Lipinski definition) is 2. The Morgan fingerprint density at radius 2 is 1.92 bits per heavy atom. The number of para-hydroxylation sites is 2. The Balaban J connectivity index is 1.46. The van der Waals surface area contributed by atoms with Gasteiger partial charge in [0.05, 0.1) is 32.2 Å². The quantitative estimate of drug-likeness (QED) is 0.744. The van der Waals surface area contributed by atoms with E-state index in [4.69, 9.17) is 4.74 Å². The molecule has 0 saturated heterocycles. The second-order valence-corrected chi connectivity index (χ2v) is 6.60. The molecular weight excluding hydrogens is 328 g/mol. The summed E-state index contributed by atoms with van der Waals surface area (Å²) in [6, 6.07) is 17.4. The van der Waals surface area contributed by atoms with Gasteiger partial charge in [-0.25, -0.2) is 0 Å². The molecule has 1 amide bonds. The molecule has 3 aromatic rings. The molecule has 0 bridgehead atoms. The standard InChI is InChI=1S/C21H22N2O3/c24-14-15-12-18-17-8-4-5-9-19(17)22-20(18)13-23(15)21(25)10-11-26-16-6-2-1-3-7-16/h1-9,15,22,24H,10-14H2. The van der Waals surface area contributed by atoms with Crippen molar-refractivity contribution in [1.82, 2.24) is 9.88 Å². The van der Waals surface area contributed by atoms with Crippen LogP contribution < -0.4 is 4.74 Å². The van der Waals surface area contributed by atoms with E-state index in [2.05, 4.69) is 11.1 Å². The molecule has 5 nitrogen and oxygen atoms in total. The minimum atomic E-state index is -0.189. The first kappa shape index (κ1) is 16.7. The molecule has 1 atom stereocenters. The van der Waals surface area contributed by atoms with Crippen molar-refractivity contribution in [3.05, 3.63) is 65.9 Å². The van der Waals surface area contributed by atoms with Gasteiger partial charge in [-0.2, -0.15) is 0 Å². The van der Waals surface area contributed by atoms with Crippen molar-refractivity contribution >= 4 is 16.8 Å². The summed E-state index contributed by atoms with van der Waals surface area (Å²) in [5, 5.41) is 11.0. The van der Waals surface area contributed by atoms with E-state index in [0.29, 0.717) is 26.0 Å². The average molecular weight is 350 g/mol. The molecule has 1 unspecified atom stereocenters. The van der Waals surface area contributed by atoms with Crippen LogP contribution in [0.1, 0.15) is 17.7 Å². The Hall–Kier alpha value is -2.79. The molecule has 1 aromatic heterocycles. The fourth-order valence-corrected chi connectivity index (χ4v) is 3.64. The maximum absolute atomic E-state index is 12.7. The molecule has 134 valence electrons. The number of aromatic amines is 1. The zero-order valence-electron chi connectivity index (χ0n) is 14.5. The zero-order chi connectivity index (χ0) is 17.9. The van der Waals surface area contributed by atoms with Crippen LogP contribution in [0.3, 0.4) is 0 Å². The van der Waals surface area contributed by atoms with E-state index in [1.54, 1.807) is 4.90 Å². The summed E-state index contributed by atoms with van der Waals surface area (Å²) in [6.45, 7) is 0.792. The maximum Gasteiger partial charge on any atom is 0.226 e. The van der Waals surface area contributed by atoms with E-state index in [1.165, 1.54) is 10.9 Å². The lowest BCUT2D eigenvalue weighted by atomic mass is 9.96. The Morgan fingerprint density at radius 3 is 2.73 bits per heavy atom. The van der Waals surface area contributed by atoms with E-state index < -0.39 is 0 Å². The molecule has 1 aliphatic rings. The molecule has 1 aliphatic heterocycles. The zero-order valence-corrected chi connectivity index (χ0v) is 14.5. The van der Waals surface area contributed by atoms with Crippen molar-refractivity contribution in [3.63, 3.8) is 0 Å². The minimum absolute atomic E-state index is 0.00397. The number of nitrogens with zero attached hydrogens (tertiary/aromatic N) is 1. The molecule has 0 spiro atoms. The largest absolute Gasteiger partial charge is 0.493 e. The summed E-state index contributed by atoms with van der Waals surface area (Å²) < 4.78 is 5.64. The van der Waals surface area contributed by atoms with Gasteiger partial charge in [-0.05, 0) is 30.2 Å². The number of H-pyrrole nitrogens is 1. The number of ether oxygens (including phenoxy) is 1. The van der Waals surface area contributed by atoms with Crippen molar-refractivity contribution < 1.29 is 14.6 Å². The van der Waals surface area contributed by atoms with Gasteiger partial charge in [0, 0.05) is 16.6 Å². The van der Waals surface area contributed by atoms with Crippen molar-refractivity contribution in [2.75, 3.05) is 13.2 Å². The number of hydrogen-bond acceptors (Lipinski definition) is 3. The third kappa shape index (κ3) is 3.18. The van der Waals surface area contributed by atoms with Crippen LogP contribution in [0.15, 0.2) is 54.6 Å². The lowest BCUT2D eigenvalue weighted by molar-refractivity contribution is -0.136. The van der Waals surface area contributed by atoms with E-state index in [1.807, 2.05) is 48.5 Å². The van der Waals surface area contributed by atoms with Crippen molar-refractivity contribution in [1.29, 1.82) is 0 Å². The van der Waals surface area contributed by atoms with Gasteiger partial charge >= 0.3 is 0 Å². The van der Waals surface area contributed by atoms with E-state index >= 15 is 0 Å². The highest BCUT2D eigenvalue weighted by Gasteiger charge is 2.31. The minimum Gasteiger partial charge on any atom is -0.493 e. The van der Waals surface area contributed by atoms with Crippen LogP contribution in [-0.4, -0.2) is 40.2 Å². The number of nitrogens with one attached hydrogen (secondary N) is 1. The number of aliphatic hydroxyl groups excluding tert-OH is 1. The summed E-state index contributed by atoms with van der Waals surface area (Å²) in [5.41, 5.74) is 3.35. The smallest absolute Gasteiger partial charge is 0.226 e. The van der Waals surface area contributed by atoms with Gasteiger partial charge in [0.15, 0.2) is 0 Å². The predicted octanol–water partition coefficient (Wildman–Crippen LogP) is 2.88. The van der Waals surface area contributed by atoms with Crippen molar-refractivity contribution in [2.24, 2.45) is 0 Å². The fourth-order valence-electron chi connectivity index (χ4n) is 3.64. The molecule has 4 rings (SSSR count). The molecule has 0 radical (unpaired) electrons. The van der Waals surface area contributed by atoms with Crippen LogP contribution in [0, 0.1) is 0 Å². The lowest BCUT2D eigenvalue weighted by Crippen LogP contribution is -2.46. The first-order valence-electron chi connectivity index (χ1n) is 8.93. The van der Waals surface area contributed by atoms with Gasteiger partial charge in [-0.1, -0.05) is 36.4 Å². The number of fused-ring (bicyclic) bond motifs is 3. The molecule has 26 heavy (non-hydrogen) atoms. The Labute approximate surface area is 152 Å². The summed E-state index contributed by atoms with van der Waals surface area (Å²) in [4.78, 5) is 17.9.